The number of carboxylic acids is 4. The van der Waals surface area contributed by atoms with Crippen LogP contribution in [-0.2, 0) is 19.2 Å². The Morgan fingerprint density at radius 2 is 0.760 bits per heavy atom. The molecule has 0 unspecified atom stereocenters. The molecule has 0 spiro atoms. The summed E-state index contributed by atoms with van der Waals surface area (Å²) in [4.78, 5) is 36.0. The van der Waals surface area contributed by atoms with Gasteiger partial charge in [0.1, 0.15) is 0 Å². The largest absolute Gasteiger partial charge is 0.481 e. The summed E-state index contributed by atoms with van der Waals surface area (Å²) in [5, 5.41) is 62.8. The van der Waals surface area contributed by atoms with Gasteiger partial charge in [-0.3, -0.25) is 19.2 Å². The van der Waals surface area contributed by atoms with Crippen molar-refractivity contribution in [2.75, 3.05) is 0 Å². The average Bonchev–Trinajstić information content (AvgIpc) is 2.23. The topological polar surface area (TPSA) is 230 Å². The van der Waals surface area contributed by atoms with Gasteiger partial charge in [-0.1, -0.05) is 0 Å². The highest BCUT2D eigenvalue weighted by Gasteiger charge is 2.00. The molecule has 0 saturated carbocycles. The van der Waals surface area contributed by atoms with Crippen LogP contribution in [0.4, 0.5) is 0 Å². The standard InChI is InChI=1S/C5H10O4.4C2H4O2/c1-3(5(8)9)2-4(6)7;4*1-2(3)4/h2,4-9H,1H3;4*1H3,(H,3,4). The summed E-state index contributed by atoms with van der Waals surface area (Å²) in [5.41, 5.74) is 0.116. The Kier molecular flexibility index (Phi) is 32.2. The first-order valence-corrected chi connectivity index (χ1v) is 6.15. The molecule has 25 heavy (non-hydrogen) atoms. The Balaban J connectivity index is -0.0000000714. The second kappa shape index (κ2) is 23.7. The first kappa shape index (κ1) is 33.9. The highest BCUT2D eigenvalue weighted by Crippen LogP contribution is 1.97. The average molecular weight is 374 g/mol. The van der Waals surface area contributed by atoms with Crippen LogP contribution in [0, 0.1) is 0 Å². The molecule has 0 amide bonds. The van der Waals surface area contributed by atoms with Crippen molar-refractivity contribution in [2.45, 2.75) is 47.2 Å². The summed E-state index contributed by atoms with van der Waals surface area (Å²) in [6, 6.07) is 0. The van der Waals surface area contributed by atoms with E-state index in [1.807, 2.05) is 0 Å². The molecule has 0 aliphatic rings. The monoisotopic (exact) mass is 374 g/mol. The van der Waals surface area contributed by atoms with Crippen molar-refractivity contribution >= 4 is 23.9 Å². The van der Waals surface area contributed by atoms with Crippen LogP contribution in [0.3, 0.4) is 0 Å². The van der Waals surface area contributed by atoms with Gasteiger partial charge in [-0.2, -0.15) is 0 Å². The quantitative estimate of drug-likeness (QED) is 0.213. The van der Waals surface area contributed by atoms with Gasteiger partial charge in [0.15, 0.2) is 12.6 Å². The van der Waals surface area contributed by atoms with E-state index >= 15 is 0 Å². The third-order valence-corrected chi connectivity index (χ3v) is 0.819. The highest BCUT2D eigenvalue weighted by atomic mass is 16.5. The van der Waals surface area contributed by atoms with Crippen molar-refractivity contribution in [1.29, 1.82) is 0 Å². The molecule has 0 aliphatic carbocycles. The van der Waals surface area contributed by atoms with Crippen LogP contribution in [0.15, 0.2) is 11.6 Å². The number of aliphatic carboxylic acids is 4. The van der Waals surface area contributed by atoms with Gasteiger partial charge < -0.3 is 40.9 Å². The lowest BCUT2D eigenvalue weighted by molar-refractivity contribution is -0.135. The smallest absolute Gasteiger partial charge is 0.300 e. The normalized spacial score (nSPS) is 8.84. The number of carboxylic acid groups (broad SMARTS) is 4. The van der Waals surface area contributed by atoms with E-state index < -0.39 is 36.5 Å². The maximum absolute atomic E-state index is 9.00. The second-order valence-electron chi connectivity index (χ2n) is 3.77. The third kappa shape index (κ3) is 273. The van der Waals surface area contributed by atoms with E-state index in [0.29, 0.717) is 0 Å². The third-order valence-electron chi connectivity index (χ3n) is 0.819. The minimum atomic E-state index is -1.62. The van der Waals surface area contributed by atoms with Gasteiger partial charge in [-0.05, 0) is 18.6 Å². The summed E-state index contributed by atoms with van der Waals surface area (Å²) in [5.74, 6) is -3.33. The van der Waals surface area contributed by atoms with Crippen molar-refractivity contribution in [3.63, 3.8) is 0 Å². The Hall–Kier alpha value is -2.54. The minimum absolute atomic E-state index is 0.116. The van der Waals surface area contributed by atoms with Crippen molar-refractivity contribution < 1.29 is 60.0 Å². The maximum Gasteiger partial charge on any atom is 0.300 e. The Bertz CT molecular complexity index is 334. The second-order valence-corrected chi connectivity index (χ2v) is 3.77. The van der Waals surface area contributed by atoms with Crippen LogP contribution in [0.25, 0.3) is 0 Å². The number of aliphatic hydroxyl groups excluding tert-OH is 2. The van der Waals surface area contributed by atoms with Gasteiger partial charge in [0.2, 0.25) is 0 Å². The molecular weight excluding hydrogens is 348 g/mol. The summed E-state index contributed by atoms with van der Waals surface area (Å²) < 4.78 is 0. The Morgan fingerprint density at radius 1 is 0.600 bits per heavy atom. The number of rotatable bonds is 2. The molecule has 0 aromatic rings. The summed E-state index contributed by atoms with van der Waals surface area (Å²) in [7, 11) is 0. The molecule has 0 fully saturated rings. The lowest BCUT2D eigenvalue weighted by atomic mass is 10.3. The summed E-state index contributed by atoms with van der Waals surface area (Å²) >= 11 is 0. The van der Waals surface area contributed by atoms with Gasteiger partial charge in [0.05, 0.1) is 0 Å². The van der Waals surface area contributed by atoms with Gasteiger partial charge in [-0.25, -0.2) is 0 Å². The zero-order valence-electron chi connectivity index (χ0n) is 14.4. The van der Waals surface area contributed by atoms with Crippen LogP contribution >= 0.6 is 0 Å². The number of hydrogen-bond acceptors (Lipinski definition) is 8. The molecule has 0 aromatic heterocycles. The van der Waals surface area contributed by atoms with E-state index in [1.54, 1.807) is 0 Å². The van der Waals surface area contributed by atoms with Gasteiger partial charge in [0, 0.05) is 27.7 Å². The lowest BCUT2D eigenvalue weighted by Crippen LogP contribution is -2.09. The first-order valence-electron chi connectivity index (χ1n) is 6.15. The molecule has 12 heteroatoms. The van der Waals surface area contributed by atoms with E-state index in [4.69, 9.17) is 60.0 Å². The van der Waals surface area contributed by atoms with Gasteiger partial charge in [-0.15, -0.1) is 0 Å². The van der Waals surface area contributed by atoms with E-state index in [2.05, 4.69) is 0 Å². The van der Waals surface area contributed by atoms with E-state index in [1.165, 1.54) is 6.92 Å². The molecule has 0 atom stereocenters. The molecule has 12 nitrogen and oxygen atoms in total. The van der Waals surface area contributed by atoms with E-state index in [9.17, 15) is 0 Å². The number of carbonyl (C=O) groups is 4. The molecule has 0 rings (SSSR count). The Labute approximate surface area is 143 Å². The van der Waals surface area contributed by atoms with E-state index in [0.717, 1.165) is 33.8 Å². The fourth-order valence-corrected chi connectivity index (χ4v) is 0.321. The molecule has 150 valence electrons. The van der Waals surface area contributed by atoms with Crippen LogP contribution in [-0.4, -0.2) is 77.3 Å². The highest BCUT2D eigenvalue weighted by molar-refractivity contribution is 5.63. The van der Waals surface area contributed by atoms with Crippen LogP contribution in [0.2, 0.25) is 0 Å². The first-order chi connectivity index (χ1) is 11.0. The fraction of sp³-hybridized carbons (Fsp3) is 0.538. The van der Waals surface area contributed by atoms with Crippen LogP contribution in [0.5, 0.6) is 0 Å². The van der Waals surface area contributed by atoms with E-state index in [-0.39, 0.29) is 5.57 Å². The Morgan fingerprint density at radius 3 is 0.800 bits per heavy atom. The predicted octanol–water partition coefficient (Wildman–Crippen LogP) is -1.08. The number of hydrogen-bond donors (Lipinski definition) is 8. The molecule has 0 aromatic carbocycles. The molecule has 0 aliphatic heterocycles. The molecule has 0 saturated heterocycles. The minimum Gasteiger partial charge on any atom is -0.481 e. The maximum atomic E-state index is 9.00. The van der Waals surface area contributed by atoms with Crippen molar-refractivity contribution in [3.05, 3.63) is 11.6 Å². The van der Waals surface area contributed by atoms with Gasteiger partial charge in [0.25, 0.3) is 23.9 Å². The van der Waals surface area contributed by atoms with Crippen LogP contribution in [0.1, 0.15) is 34.6 Å². The van der Waals surface area contributed by atoms with Crippen molar-refractivity contribution in [3.8, 4) is 0 Å². The van der Waals surface area contributed by atoms with Crippen LogP contribution < -0.4 is 0 Å². The van der Waals surface area contributed by atoms with Gasteiger partial charge >= 0.3 is 0 Å². The molecular formula is C13H26O12. The summed E-state index contributed by atoms with van der Waals surface area (Å²) in [6.45, 7) is 5.71. The number of aliphatic hydroxyl groups is 4. The zero-order chi connectivity index (χ0) is 21.7. The van der Waals surface area contributed by atoms with Crippen molar-refractivity contribution in [1.82, 2.24) is 0 Å². The summed E-state index contributed by atoms with van der Waals surface area (Å²) in [6.07, 6.45) is -2.29. The lowest BCUT2D eigenvalue weighted by Gasteiger charge is -2.03. The SMILES string of the molecule is CC(=CC(O)O)C(O)O.CC(=O)O.CC(=O)O.CC(=O)O.CC(=O)O. The predicted molar refractivity (Wildman–Crippen MR) is 83.4 cm³/mol. The zero-order valence-corrected chi connectivity index (χ0v) is 14.4. The molecule has 0 heterocycles. The molecule has 0 bridgehead atoms. The van der Waals surface area contributed by atoms with Crippen molar-refractivity contribution in [2.24, 2.45) is 0 Å². The molecule has 8 N–H and O–H groups in total. The molecule has 0 radical (unpaired) electrons. The fourth-order valence-electron chi connectivity index (χ4n) is 0.321.